The summed E-state index contributed by atoms with van der Waals surface area (Å²) < 4.78 is 0. The highest BCUT2D eigenvalue weighted by Crippen LogP contribution is 2.34. The molecule has 0 unspecified atom stereocenters. The van der Waals surface area contributed by atoms with Gasteiger partial charge in [0.15, 0.2) is 0 Å². The van der Waals surface area contributed by atoms with Gasteiger partial charge in [0.2, 0.25) is 0 Å². The highest BCUT2D eigenvalue weighted by Gasteiger charge is 2.26. The average Bonchev–Trinajstić information content (AvgIpc) is 3.30. The quantitative estimate of drug-likeness (QED) is 0.752. The summed E-state index contributed by atoms with van der Waals surface area (Å²) in [6.45, 7) is 0. The molecule has 1 aliphatic carbocycles. The van der Waals surface area contributed by atoms with Crippen molar-refractivity contribution in [3.05, 3.63) is 46.3 Å². The van der Waals surface area contributed by atoms with Crippen LogP contribution in [0.5, 0.6) is 0 Å². The van der Waals surface area contributed by atoms with E-state index >= 15 is 0 Å². The monoisotopic (exact) mass is 343 g/mol. The molecule has 3 aromatic rings. The van der Waals surface area contributed by atoms with Gasteiger partial charge in [-0.3, -0.25) is 4.79 Å². The third kappa shape index (κ3) is 2.78. The number of fused-ring (bicyclic) bond motifs is 1. The fraction of sp³-hybridized carbons (Fsp3) is 0.176. The molecule has 0 atom stereocenters. The highest BCUT2D eigenvalue weighted by molar-refractivity contribution is 7.21. The number of nitrogens with one attached hydrogen (secondary N) is 1. The zero-order chi connectivity index (χ0) is 16.0. The van der Waals surface area contributed by atoms with E-state index in [9.17, 15) is 4.79 Å². The molecular weight excluding hydrogens is 330 g/mol. The van der Waals surface area contributed by atoms with Gasteiger partial charge in [-0.15, -0.1) is 11.3 Å². The summed E-state index contributed by atoms with van der Waals surface area (Å²) in [5.74, 6) is -0.0963. The van der Waals surface area contributed by atoms with E-state index in [1.165, 1.54) is 11.3 Å². The van der Waals surface area contributed by atoms with Crippen molar-refractivity contribution in [2.24, 2.45) is 0 Å². The predicted octanol–water partition coefficient (Wildman–Crippen LogP) is 4.09. The Morgan fingerprint density at radius 3 is 2.65 bits per heavy atom. The van der Waals surface area contributed by atoms with Gasteiger partial charge in [-0.2, -0.15) is 0 Å². The predicted molar refractivity (Wildman–Crippen MR) is 95.0 cm³/mol. The maximum Gasteiger partial charge on any atom is 0.263 e. The maximum absolute atomic E-state index is 12.3. The molecule has 0 spiro atoms. The van der Waals surface area contributed by atoms with Crippen molar-refractivity contribution in [1.82, 2.24) is 10.3 Å². The molecule has 4 rings (SSSR count). The van der Waals surface area contributed by atoms with Gasteiger partial charge in [0.1, 0.15) is 9.71 Å². The number of rotatable bonds is 3. The number of carbonyl (C=O) groups excluding carboxylic acids is 1. The van der Waals surface area contributed by atoms with Crippen LogP contribution >= 0.6 is 22.9 Å². The highest BCUT2D eigenvalue weighted by atomic mass is 35.5. The molecule has 6 heteroatoms. The van der Waals surface area contributed by atoms with Crippen LogP contribution in [0.3, 0.4) is 0 Å². The lowest BCUT2D eigenvalue weighted by molar-refractivity contribution is 0.0956. The molecule has 1 aromatic carbocycles. The number of hydrogen-bond acceptors (Lipinski definition) is 4. The molecule has 0 radical (unpaired) electrons. The van der Waals surface area contributed by atoms with Crippen LogP contribution in [0.2, 0.25) is 5.02 Å². The number of benzene rings is 1. The third-order valence-electron chi connectivity index (χ3n) is 3.85. The molecule has 2 aromatic heterocycles. The molecule has 2 heterocycles. The topological polar surface area (TPSA) is 68.0 Å². The molecule has 1 amide bonds. The van der Waals surface area contributed by atoms with E-state index in [0.717, 1.165) is 34.3 Å². The number of thiophene rings is 1. The van der Waals surface area contributed by atoms with Crippen molar-refractivity contribution in [1.29, 1.82) is 0 Å². The van der Waals surface area contributed by atoms with Crippen LogP contribution in [-0.2, 0) is 0 Å². The van der Waals surface area contributed by atoms with Gasteiger partial charge < -0.3 is 11.1 Å². The Balaban J connectivity index is 1.73. The number of nitrogen functional groups attached to an aromatic ring is 1. The second-order valence-corrected chi connectivity index (χ2v) is 7.08. The van der Waals surface area contributed by atoms with Gasteiger partial charge >= 0.3 is 0 Å². The molecule has 4 nitrogen and oxygen atoms in total. The van der Waals surface area contributed by atoms with Crippen LogP contribution in [0.4, 0.5) is 5.69 Å². The molecule has 0 bridgehead atoms. The summed E-state index contributed by atoms with van der Waals surface area (Å²) in [6.07, 6.45) is 2.10. The number of pyridine rings is 1. The summed E-state index contributed by atoms with van der Waals surface area (Å²) in [6, 6.07) is 11.7. The molecule has 0 saturated heterocycles. The standard InChI is InChI=1S/C17H14ClN3OS/c18-10-3-1-9(2-4-10)13-8-7-12-14(19)15(23-17(12)21-13)16(22)20-11-5-6-11/h1-4,7-8,11H,5-6,19H2,(H,20,22). The minimum atomic E-state index is -0.0963. The second kappa shape index (κ2) is 5.51. The van der Waals surface area contributed by atoms with Crippen LogP contribution in [-0.4, -0.2) is 16.9 Å². The Hall–Kier alpha value is -2.11. The van der Waals surface area contributed by atoms with Crippen LogP contribution in [0, 0.1) is 0 Å². The fourth-order valence-electron chi connectivity index (χ4n) is 2.43. The number of halogens is 1. The van der Waals surface area contributed by atoms with Crippen molar-refractivity contribution in [2.45, 2.75) is 18.9 Å². The molecule has 23 heavy (non-hydrogen) atoms. The minimum absolute atomic E-state index is 0.0963. The molecule has 3 N–H and O–H groups in total. The molecule has 1 fully saturated rings. The molecule has 0 aliphatic heterocycles. The lowest BCUT2D eigenvalue weighted by Crippen LogP contribution is -2.25. The lowest BCUT2D eigenvalue weighted by atomic mass is 10.1. The number of hydrogen-bond donors (Lipinski definition) is 2. The normalized spacial score (nSPS) is 14.1. The van der Waals surface area contributed by atoms with Gasteiger partial charge in [0, 0.05) is 22.0 Å². The van der Waals surface area contributed by atoms with Crippen LogP contribution in [0.25, 0.3) is 21.5 Å². The van der Waals surface area contributed by atoms with Crippen LogP contribution < -0.4 is 11.1 Å². The Labute approximate surface area is 142 Å². The average molecular weight is 344 g/mol. The summed E-state index contributed by atoms with van der Waals surface area (Å²) >= 11 is 7.26. The number of nitrogens with two attached hydrogens (primary N) is 1. The number of carbonyl (C=O) groups is 1. The Morgan fingerprint density at radius 2 is 1.96 bits per heavy atom. The largest absolute Gasteiger partial charge is 0.397 e. The second-order valence-electron chi connectivity index (χ2n) is 5.65. The van der Waals surface area contributed by atoms with Gasteiger partial charge in [-0.25, -0.2) is 4.98 Å². The van der Waals surface area contributed by atoms with Crippen LogP contribution in [0.1, 0.15) is 22.5 Å². The number of nitrogens with zero attached hydrogens (tertiary/aromatic N) is 1. The van der Waals surface area contributed by atoms with Crippen LogP contribution in [0.15, 0.2) is 36.4 Å². The van der Waals surface area contributed by atoms with E-state index in [-0.39, 0.29) is 5.91 Å². The zero-order valence-corrected chi connectivity index (χ0v) is 13.7. The van der Waals surface area contributed by atoms with Crippen molar-refractivity contribution < 1.29 is 4.79 Å². The zero-order valence-electron chi connectivity index (χ0n) is 12.2. The first-order valence-corrected chi connectivity index (χ1v) is 8.57. The van der Waals surface area contributed by atoms with E-state index in [1.807, 2.05) is 36.4 Å². The first-order valence-electron chi connectivity index (χ1n) is 7.37. The fourth-order valence-corrected chi connectivity index (χ4v) is 3.55. The van der Waals surface area contributed by atoms with E-state index in [0.29, 0.717) is 21.6 Å². The first-order chi connectivity index (χ1) is 11.1. The van der Waals surface area contributed by atoms with Crippen molar-refractivity contribution in [3.8, 4) is 11.3 Å². The van der Waals surface area contributed by atoms with E-state index < -0.39 is 0 Å². The van der Waals surface area contributed by atoms with E-state index in [1.54, 1.807) is 0 Å². The Kier molecular flexibility index (Phi) is 3.47. The smallest absolute Gasteiger partial charge is 0.263 e. The first kappa shape index (κ1) is 14.5. The summed E-state index contributed by atoms with van der Waals surface area (Å²) in [7, 11) is 0. The number of anilines is 1. The Bertz CT molecular complexity index is 900. The van der Waals surface area contributed by atoms with Gasteiger partial charge in [0.25, 0.3) is 5.91 Å². The maximum atomic E-state index is 12.3. The van der Waals surface area contributed by atoms with Gasteiger partial charge in [-0.05, 0) is 37.1 Å². The number of amides is 1. The number of aromatic nitrogens is 1. The summed E-state index contributed by atoms with van der Waals surface area (Å²) in [5, 5.41) is 4.49. The van der Waals surface area contributed by atoms with Crippen molar-refractivity contribution in [3.63, 3.8) is 0 Å². The Morgan fingerprint density at radius 1 is 1.22 bits per heavy atom. The molecule has 1 saturated carbocycles. The van der Waals surface area contributed by atoms with Gasteiger partial charge in [-0.1, -0.05) is 23.7 Å². The summed E-state index contributed by atoms with van der Waals surface area (Å²) in [5.41, 5.74) is 8.47. The van der Waals surface area contributed by atoms with E-state index in [2.05, 4.69) is 10.3 Å². The van der Waals surface area contributed by atoms with Crippen molar-refractivity contribution >= 4 is 44.7 Å². The van der Waals surface area contributed by atoms with Crippen molar-refractivity contribution in [2.75, 3.05) is 5.73 Å². The summed E-state index contributed by atoms with van der Waals surface area (Å²) in [4.78, 5) is 18.2. The molecule has 1 aliphatic rings. The third-order valence-corrected chi connectivity index (χ3v) is 5.22. The molecular formula is C17H14ClN3OS. The van der Waals surface area contributed by atoms with E-state index in [4.69, 9.17) is 17.3 Å². The van der Waals surface area contributed by atoms with Gasteiger partial charge in [0.05, 0.1) is 11.4 Å². The molecule has 116 valence electrons. The SMILES string of the molecule is Nc1c(C(=O)NC2CC2)sc2nc(-c3ccc(Cl)cc3)ccc12. The lowest BCUT2D eigenvalue weighted by Gasteiger charge is -2.01. The minimum Gasteiger partial charge on any atom is -0.397 e.